The van der Waals surface area contributed by atoms with E-state index in [0.717, 1.165) is 23.6 Å². The van der Waals surface area contributed by atoms with Crippen molar-refractivity contribution in [2.75, 3.05) is 6.61 Å². The number of aromatic nitrogens is 2. The second-order valence-electron chi connectivity index (χ2n) is 4.38. The highest BCUT2D eigenvalue weighted by molar-refractivity contribution is 5.38. The summed E-state index contributed by atoms with van der Waals surface area (Å²) in [5.41, 5.74) is 3.81. The van der Waals surface area contributed by atoms with E-state index < -0.39 is 0 Å². The Bertz CT molecular complexity index is 524. The van der Waals surface area contributed by atoms with Crippen LogP contribution in [0.25, 0.3) is 0 Å². The number of hydrogen-bond donors (Lipinski definition) is 2. The fourth-order valence-corrected chi connectivity index (χ4v) is 2.02. The molecule has 0 amide bonds. The molecule has 1 atom stereocenters. The van der Waals surface area contributed by atoms with Gasteiger partial charge in [-0.2, -0.15) is 0 Å². The number of nitrogens with two attached hydrogens (primary N) is 1. The predicted octanol–water partition coefficient (Wildman–Crippen LogP) is 1.76. The molecule has 2 aromatic rings. The van der Waals surface area contributed by atoms with Gasteiger partial charge in [-0.1, -0.05) is 25.1 Å². The van der Waals surface area contributed by atoms with E-state index in [4.69, 9.17) is 10.6 Å². The van der Waals surface area contributed by atoms with Gasteiger partial charge in [0.25, 0.3) is 0 Å². The third-order valence-electron chi connectivity index (χ3n) is 2.98. The molecule has 0 saturated carbocycles. The summed E-state index contributed by atoms with van der Waals surface area (Å²) < 4.78 is 7.72. The van der Waals surface area contributed by atoms with E-state index >= 15 is 0 Å². The van der Waals surface area contributed by atoms with E-state index in [-0.39, 0.29) is 6.04 Å². The molecular weight excluding hydrogens is 240 g/mol. The summed E-state index contributed by atoms with van der Waals surface area (Å²) in [4.78, 5) is 4.35. The highest BCUT2D eigenvalue weighted by Gasteiger charge is 2.20. The van der Waals surface area contributed by atoms with Crippen LogP contribution in [-0.2, 0) is 7.05 Å². The van der Waals surface area contributed by atoms with Crippen LogP contribution in [0.1, 0.15) is 30.8 Å². The summed E-state index contributed by atoms with van der Waals surface area (Å²) in [6.07, 6.45) is 4.63. The lowest BCUT2D eigenvalue weighted by molar-refractivity contribution is 0.311. The van der Waals surface area contributed by atoms with E-state index in [0.29, 0.717) is 6.61 Å². The van der Waals surface area contributed by atoms with Crippen LogP contribution in [0.5, 0.6) is 5.75 Å². The molecule has 19 heavy (non-hydrogen) atoms. The fourth-order valence-electron chi connectivity index (χ4n) is 2.02. The van der Waals surface area contributed by atoms with Crippen molar-refractivity contribution in [3.8, 4) is 5.75 Å². The molecule has 0 fully saturated rings. The first-order valence-electron chi connectivity index (χ1n) is 6.43. The Hall–Kier alpha value is -1.85. The molecule has 1 unspecified atom stereocenters. The number of benzene rings is 1. The van der Waals surface area contributed by atoms with Crippen molar-refractivity contribution in [2.24, 2.45) is 12.9 Å². The molecule has 2 rings (SSSR count). The normalized spacial score (nSPS) is 12.4. The number of rotatable bonds is 6. The molecule has 0 aliphatic carbocycles. The largest absolute Gasteiger partial charge is 0.493 e. The first kappa shape index (κ1) is 13.6. The smallest absolute Gasteiger partial charge is 0.131 e. The summed E-state index contributed by atoms with van der Waals surface area (Å²) in [7, 11) is 1.95. The highest BCUT2D eigenvalue weighted by Crippen LogP contribution is 2.28. The van der Waals surface area contributed by atoms with Crippen molar-refractivity contribution in [1.29, 1.82) is 0 Å². The molecule has 1 heterocycles. The van der Waals surface area contributed by atoms with Crippen LogP contribution >= 0.6 is 0 Å². The average molecular weight is 260 g/mol. The molecule has 0 aliphatic rings. The third kappa shape index (κ3) is 2.94. The standard InChI is InChI=1S/C14H20N4O/c1-3-10-19-12-7-5-4-6-11(12)13(17-15)14-16-8-9-18(14)2/h4-9,13,17H,3,10,15H2,1-2H3. The molecule has 0 aliphatic heterocycles. The maximum atomic E-state index is 5.77. The summed E-state index contributed by atoms with van der Waals surface area (Å²) in [5.74, 6) is 7.40. The number of aryl methyl sites for hydroxylation is 1. The maximum Gasteiger partial charge on any atom is 0.131 e. The number of para-hydroxylation sites is 1. The monoisotopic (exact) mass is 260 g/mol. The lowest BCUT2D eigenvalue weighted by Crippen LogP contribution is -2.31. The molecule has 0 radical (unpaired) electrons. The van der Waals surface area contributed by atoms with Crippen molar-refractivity contribution in [3.63, 3.8) is 0 Å². The Morgan fingerprint density at radius 1 is 1.42 bits per heavy atom. The predicted molar refractivity (Wildman–Crippen MR) is 74.6 cm³/mol. The van der Waals surface area contributed by atoms with Crippen LogP contribution in [0.4, 0.5) is 0 Å². The molecule has 0 saturated heterocycles. The minimum Gasteiger partial charge on any atom is -0.493 e. The zero-order valence-electron chi connectivity index (χ0n) is 11.3. The zero-order chi connectivity index (χ0) is 13.7. The average Bonchev–Trinajstić information content (AvgIpc) is 2.85. The molecule has 0 bridgehead atoms. The van der Waals surface area contributed by atoms with Gasteiger partial charge in [0.1, 0.15) is 17.6 Å². The molecule has 102 valence electrons. The van der Waals surface area contributed by atoms with Gasteiger partial charge in [0.2, 0.25) is 0 Å². The van der Waals surface area contributed by atoms with Crippen molar-refractivity contribution < 1.29 is 4.74 Å². The van der Waals surface area contributed by atoms with Crippen LogP contribution in [-0.4, -0.2) is 16.2 Å². The first-order chi connectivity index (χ1) is 9.27. The van der Waals surface area contributed by atoms with Crippen LogP contribution in [0.3, 0.4) is 0 Å². The molecular formula is C14H20N4O. The Morgan fingerprint density at radius 2 is 2.21 bits per heavy atom. The number of hydrogen-bond acceptors (Lipinski definition) is 4. The minimum atomic E-state index is -0.187. The summed E-state index contributed by atoms with van der Waals surface area (Å²) in [6.45, 7) is 2.77. The molecule has 0 spiro atoms. The van der Waals surface area contributed by atoms with Gasteiger partial charge in [-0.15, -0.1) is 0 Å². The maximum absolute atomic E-state index is 5.77. The third-order valence-corrected chi connectivity index (χ3v) is 2.98. The Balaban J connectivity index is 2.35. The second-order valence-corrected chi connectivity index (χ2v) is 4.38. The van der Waals surface area contributed by atoms with Gasteiger partial charge < -0.3 is 9.30 Å². The molecule has 5 heteroatoms. The summed E-state index contributed by atoms with van der Waals surface area (Å²) >= 11 is 0. The van der Waals surface area contributed by atoms with Crippen molar-refractivity contribution in [3.05, 3.63) is 48.0 Å². The lowest BCUT2D eigenvalue weighted by Gasteiger charge is -2.19. The van der Waals surface area contributed by atoms with E-state index in [1.165, 1.54) is 0 Å². The molecule has 3 N–H and O–H groups in total. The topological polar surface area (TPSA) is 65.1 Å². The summed E-state index contributed by atoms with van der Waals surface area (Å²) in [6, 6.07) is 7.71. The van der Waals surface area contributed by atoms with Crippen LogP contribution < -0.4 is 16.0 Å². The number of ether oxygens (including phenoxy) is 1. The lowest BCUT2D eigenvalue weighted by atomic mass is 10.1. The van der Waals surface area contributed by atoms with E-state index in [9.17, 15) is 0 Å². The van der Waals surface area contributed by atoms with Gasteiger partial charge >= 0.3 is 0 Å². The zero-order valence-corrected chi connectivity index (χ0v) is 11.3. The van der Waals surface area contributed by atoms with Gasteiger partial charge in [0, 0.05) is 25.0 Å². The van der Waals surface area contributed by atoms with Gasteiger partial charge in [-0.05, 0) is 12.5 Å². The quantitative estimate of drug-likeness (QED) is 0.613. The van der Waals surface area contributed by atoms with Crippen molar-refractivity contribution >= 4 is 0 Å². The number of imidazole rings is 1. The Kier molecular flexibility index (Phi) is 4.54. The Labute approximate surface area is 113 Å². The van der Waals surface area contributed by atoms with E-state index in [2.05, 4.69) is 17.3 Å². The minimum absolute atomic E-state index is 0.187. The van der Waals surface area contributed by atoms with Crippen molar-refractivity contribution in [1.82, 2.24) is 15.0 Å². The SMILES string of the molecule is CCCOc1ccccc1C(NN)c1nccn1C. The number of hydrazine groups is 1. The number of nitrogens with one attached hydrogen (secondary N) is 1. The fraction of sp³-hybridized carbons (Fsp3) is 0.357. The van der Waals surface area contributed by atoms with Crippen molar-refractivity contribution in [2.45, 2.75) is 19.4 Å². The Morgan fingerprint density at radius 3 is 2.84 bits per heavy atom. The van der Waals surface area contributed by atoms with Gasteiger partial charge in [-0.25, -0.2) is 10.4 Å². The molecule has 1 aromatic heterocycles. The molecule has 5 nitrogen and oxygen atoms in total. The van der Waals surface area contributed by atoms with Gasteiger partial charge in [0.05, 0.1) is 6.61 Å². The van der Waals surface area contributed by atoms with Gasteiger partial charge in [-0.3, -0.25) is 5.84 Å². The summed E-state index contributed by atoms with van der Waals surface area (Å²) in [5, 5.41) is 0. The van der Waals surface area contributed by atoms with Crippen LogP contribution in [0.15, 0.2) is 36.7 Å². The second kappa shape index (κ2) is 6.36. The molecule has 1 aromatic carbocycles. The van der Waals surface area contributed by atoms with Gasteiger partial charge in [0.15, 0.2) is 0 Å². The van der Waals surface area contributed by atoms with E-state index in [1.807, 2.05) is 42.1 Å². The highest BCUT2D eigenvalue weighted by atomic mass is 16.5. The van der Waals surface area contributed by atoms with Crippen LogP contribution in [0.2, 0.25) is 0 Å². The van der Waals surface area contributed by atoms with Crippen LogP contribution in [0, 0.1) is 0 Å². The van der Waals surface area contributed by atoms with E-state index in [1.54, 1.807) is 6.20 Å². The number of nitrogens with zero attached hydrogens (tertiary/aromatic N) is 2. The first-order valence-corrected chi connectivity index (χ1v) is 6.43.